The molecular weight excluding hydrogens is 765 g/mol. The van der Waals surface area contributed by atoms with Crippen LogP contribution in [0.5, 0.6) is 11.5 Å². The van der Waals surface area contributed by atoms with Crippen LogP contribution in [0.15, 0.2) is 97.1 Å². The van der Waals surface area contributed by atoms with Crippen molar-refractivity contribution in [3.63, 3.8) is 0 Å². The molecule has 1 aliphatic heterocycles. The molecule has 1 saturated heterocycles. The number of carbonyl (C=O) groups is 2. The highest BCUT2D eigenvalue weighted by Gasteiger charge is 2.26. The fourth-order valence-corrected chi connectivity index (χ4v) is 6.79. The zero-order chi connectivity index (χ0) is 41.8. The molecule has 0 spiro atoms. The molecule has 1 amide bonds. The lowest BCUT2D eigenvalue weighted by Crippen LogP contribution is -2.42. The molecule has 306 valence electrons. The molecule has 4 aromatic carbocycles. The number of aromatic nitrogens is 8. The Morgan fingerprint density at radius 2 is 1.28 bits per heavy atom. The van der Waals surface area contributed by atoms with E-state index in [1.165, 1.54) is 0 Å². The van der Waals surface area contributed by atoms with Crippen LogP contribution in [0.25, 0.3) is 55.9 Å². The van der Waals surface area contributed by atoms with Gasteiger partial charge in [-0.15, -0.1) is 10.2 Å². The van der Waals surface area contributed by atoms with E-state index in [2.05, 4.69) is 30.9 Å². The summed E-state index contributed by atoms with van der Waals surface area (Å²) < 4.78 is 18.9. The maximum atomic E-state index is 12.6. The highest BCUT2D eigenvalue weighted by atomic mass is 16.5. The Morgan fingerprint density at radius 3 is 1.82 bits per heavy atom. The average molecular weight is 809 g/mol. The summed E-state index contributed by atoms with van der Waals surface area (Å²) in [6.07, 6.45) is 0. The van der Waals surface area contributed by atoms with Crippen molar-refractivity contribution in [1.29, 1.82) is 0 Å². The lowest BCUT2D eigenvalue weighted by atomic mass is 10.2. The van der Waals surface area contributed by atoms with Crippen molar-refractivity contribution in [2.75, 3.05) is 58.1 Å². The van der Waals surface area contributed by atoms with Gasteiger partial charge in [-0.3, -0.25) is 4.79 Å². The summed E-state index contributed by atoms with van der Waals surface area (Å²) in [5, 5.41) is 20.5. The second kappa shape index (κ2) is 17.2. The van der Waals surface area contributed by atoms with E-state index in [9.17, 15) is 9.59 Å². The topological polar surface area (TPSA) is 187 Å². The van der Waals surface area contributed by atoms with Crippen molar-refractivity contribution in [3.8, 4) is 34.3 Å². The molecule has 8 aromatic rings. The van der Waals surface area contributed by atoms with Crippen LogP contribution in [0, 0.1) is 0 Å². The number of ether oxygens (including phenoxy) is 3. The SMILES string of the molecule is CCOC(=O)[C@@H](C)Nc1nc2ccccc2c2nc(-c3ccc(OC)cc3)nn12.COc1ccc(-c2nc3c4ccccc4nc(N[C@@H]4CN(C)CCNC4=O)n3n2)cc1. The minimum Gasteiger partial charge on any atom is -0.497 e. The number of benzene rings is 4. The van der Waals surface area contributed by atoms with Gasteiger partial charge in [0.15, 0.2) is 22.9 Å². The summed E-state index contributed by atoms with van der Waals surface area (Å²) in [6, 6.07) is 29.6. The summed E-state index contributed by atoms with van der Waals surface area (Å²) in [7, 11) is 5.25. The van der Waals surface area contributed by atoms with Gasteiger partial charge in [0.2, 0.25) is 17.8 Å². The number of methoxy groups -OCH3 is 2. The summed E-state index contributed by atoms with van der Waals surface area (Å²) in [4.78, 5) is 45.7. The van der Waals surface area contributed by atoms with Gasteiger partial charge in [-0.2, -0.15) is 9.03 Å². The first-order valence-electron chi connectivity index (χ1n) is 19.5. The van der Waals surface area contributed by atoms with Gasteiger partial charge in [-0.25, -0.2) is 24.7 Å². The number of esters is 1. The van der Waals surface area contributed by atoms with Crippen LogP contribution in [0.4, 0.5) is 11.9 Å². The van der Waals surface area contributed by atoms with Crippen LogP contribution < -0.4 is 25.4 Å². The molecule has 1 fully saturated rings. The number of fused-ring (bicyclic) bond motifs is 6. The van der Waals surface area contributed by atoms with Crippen LogP contribution in [-0.2, 0) is 14.3 Å². The van der Waals surface area contributed by atoms with Crippen molar-refractivity contribution in [2.24, 2.45) is 0 Å². The van der Waals surface area contributed by atoms with E-state index in [0.717, 1.165) is 51.0 Å². The molecule has 0 saturated carbocycles. The maximum Gasteiger partial charge on any atom is 0.328 e. The van der Waals surface area contributed by atoms with Crippen molar-refractivity contribution in [3.05, 3.63) is 97.1 Å². The number of anilines is 2. The molecule has 4 aromatic heterocycles. The number of nitrogens with zero attached hydrogens (tertiary/aromatic N) is 9. The standard InChI is InChI=1S/C22H23N7O2.C21H21N5O3/c1-28-12-11-23-21(30)18(13-28)25-22-24-17-6-4-3-5-16(17)20-26-19(27-29(20)22)14-7-9-15(31-2)10-8-14;1-4-29-20(27)13(2)22-21-23-17-8-6-5-7-16(17)19-24-18(25-26(19)21)14-9-11-15(28-3)12-10-14/h3-10,18H,11-13H2,1-2H3,(H,23,30)(H,24,25);5-13H,4H2,1-3H3,(H,22,23)/t18-;13-/m11/s1. The maximum absolute atomic E-state index is 12.6. The van der Waals surface area contributed by atoms with Gasteiger partial charge in [0.05, 0.1) is 31.9 Å². The lowest BCUT2D eigenvalue weighted by molar-refractivity contribution is -0.143. The first-order valence-corrected chi connectivity index (χ1v) is 19.5. The summed E-state index contributed by atoms with van der Waals surface area (Å²) in [5.74, 6) is 3.15. The number of nitrogens with one attached hydrogen (secondary N) is 3. The molecule has 2 atom stereocenters. The van der Waals surface area contributed by atoms with E-state index >= 15 is 0 Å². The molecule has 0 unspecified atom stereocenters. The van der Waals surface area contributed by atoms with E-state index in [0.29, 0.717) is 54.5 Å². The van der Waals surface area contributed by atoms with Crippen molar-refractivity contribution >= 4 is 56.9 Å². The number of likely N-dealkylation sites (N-methyl/N-ethyl adjacent to an activating group) is 1. The fourth-order valence-electron chi connectivity index (χ4n) is 6.79. The average Bonchev–Trinajstić information content (AvgIpc) is 3.90. The van der Waals surface area contributed by atoms with Crippen LogP contribution in [0.2, 0.25) is 0 Å². The van der Waals surface area contributed by atoms with E-state index in [1.807, 2.05) is 104 Å². The molecular formula is C43H44N12O5. The Balaban J connectivity index is 0.000000167. The normalized spacial score (nSPS) is 14.9. The number of carbonyl (C=O) groups excluding carboxylic acids is 2. The number of para-hydroxylation sites is 2. The Labute approximate surface area is 344 Å². The second-order valence-corrected chi connectivity index (χ2v) is 14.1. The van der Waals surface area contributed by atoms with Crippen molar-refractivity contribution in [2.45, 2.75) is 25.9 Å². The van der Waals surface area contributed by atoms with E-state index in [-0.39, 0.29) is 11.9 Å². The van der Waals surface area contributed by atoms with Gasteiger partial charge in [0.1, 0.15) is 23.6 Å². The highest BCUT2D eigenvalue weighted by molar-refractivity contribution is 5.94. The van der Waals surface area contributed by atoms with Gasteiger partial charge in [-0.1, -0.05) is 24.3 Å². The molecule has 5 heterocycles. The molecule has 0 bridgehead atoms. The van der Waals surface area contributed by atoms with Gasteiger partial charge in [0.25, 0.3) is 0 Å². The minimum atomic E-state index is -0.583. The third-order valence-electron chi connectivity index (χ3n) is 9.95. The number of rotatable bonds is 10. The molecule has 9 rings (SSSR count). The monoisotopic (exact) mass is 808 g/mol. The molecule has 17 nitrogen and oxygen atoms in total. The first-order chi connectivity index (χ1) is 29.2. The quantitative estimate of drug-likeness (QED) is 0.155. The van der Waals surface area contributed by atoms with Crippen LogP contribution in [0.3, 0.4) is 0 Å². The van der Waals surface area contributed by atoms with Gasteiger partial charge in [0, 0.05) is 41.5 Å². The summed E-state index contributed by atoms with van der Waals surface area (Å²) in [5.41, 5.74) is 4.59. The second-order valence-electron chi connectivity index (χ2n) is 14.1. The predicted octanol–water partition coefficient (Wildman–Crippen LogP) is 5.11. The molecule has 17 heteroatoms. The zero-order valence-corrected chi connectivity index (χ0v) is 33.8. The third-order valence-corrected chi connectivity index (χ3v) is 9.95. The van der Waals surface area contributed by atoms with E-state index in [4.69, 9.17) is 34.3 Å². The number of hydrogen-bond donors (Lipinski definition) is 3. The molecule has 60 heavy (non-hydrogen) atoms. The lowest BCUT2D eigenvalue weighted by Gasteiger charge is -2.20. The smallest absolute Gasteiger partial charge is 0.328 e. The van der Waals surface area contributed by atoms with Gasteiger partial charge >= 0.3 is 5.97 Å². The Hall–Kier alpha value is -7.40. The van der Waals surface area contributed by atoms with Crippen LogP contribution in [-0.4, -0.2) is 116 Å². The first kappa shape index (κ1) is 39.4. The Morgan fingerprint density at radius 1 is 0.767 bits per heavy atom. The van der Waals surface area contributed by atoms with E-state index < -0.39 is 12.1 Å². The Kier molecular flexibility index (Phi) is 11.3. The van der Waals surface area contributed by atoms with Crippen molar-refractivity contribution in [1.82, 2.24) is 49.4 Å². The van der Waals surface area contributed by atoms with Gasteiger partial charge < -0.3 is 35.1 Å². The minimum absolute atomic E-state index is 0.0528. The van der Waals surface area contributed by atoms with Crippen LogP contribution in [0.1, 0.15) is 13.8 Å². The molecule has 1 aliphatic rings. The van der Waals surface area contributed by atoms with Crippen LogP contribution >= 0.6 is 0 Å². The summed E-state index contributed by atoms with van der Waals surface area (Å²) >= 11 is 0. The largest absolute Gasteiger partial charge is 0.497 e. The predicted molar refractivity (Wildman–Crippen MR) is 228 cm³/mol. The number of hydrogen-bond acceptors (Lipinski definition) is 14. The fraction of sp³-hybridized carbons (Fsp3) is 0.256. The third kappa shape index (κ3) is 8.15. The van der Waals surface area contributed by atoms with Crippen molar-refractivity contribution < 1.29 is 23.8 Å². The Bertz CT molecular complexity index is 2810. The van der Waals surface area contributed by atoms with Gasteiger partial charge in [-0.05, 0) is 93.7 Å². The summed E-state index contributed by atoms with van der Waals surface area (Å²) in [6.45, 7) is 5.81. The molecule has 3 N–H and O–H groups in total. The highest BCUT2D eigenvalue weighted by Crippen LogP contribution is 2.27. The zero-order valence-electron chi connectivity index (χ0n) is 33.8. The van der Waals surface area contributed by atoms with E-state index in [1.54, 1.807) is 37.1 Å². The molecule has 0 aliphatic carbocycles. The number of amides is 1. The molecule has 0 radical (unpaired) electrons.